The van der Waals surface area contributed by atoms with Crippen LogP contribution >= 0.6 is 11.6 Å². The van der Waals surface area contributed by atoms with E-state index in [0.29, 0.717) is 17.9 Å². The molecule has 8 heteroatoms. The molecule has 0 radical (unpaired) electrons. The molecule has 33 heavy (non-hydrogen) atoms. The minimum Gasteiger partial charge on any atom is -0.362 e. The van der Waals surface area contributed by atoms with Gasteiger partial charge in [0.2, 0.25) is 0 Å². The highest BCUT2D eigenvalue weighted by Crippen LogP contribution is 2.41. The van der Waals surface area contributed by atoms with E-state index < -0.39 is 24.2 Å². The van der Waals surface area contributed by atoms with Crippen molar-refractivity contribution in [2.45, 2.75) is 109 Å². The van der Waals surface area contributed by atoms with Crippen molar-refractivity contribution in [2.24, 2.45) is 5.10 Å². The van der Waals surface area contributed by atoms with Gasteiger partial charge in [-0.05, 0) is 37.1 Å². The maximum absolute atomic E-state index is 13.6. The molecule has 1 unspecified atom stereocenters. The number of rotatable bonds is 14. The first-order valence-electron chi connectivity index (χ1n) is 12.1. The Morgan fingerprint density at radius 3 is 1.94 bits per heavy atom. The highest BCUT2D eigenvalue weighted by atomic mass is 35.5. The molecular weight excluding hydrogens is 453 g/mol. The van der Waals surface area contributed by atoms with Crippen LogP contribution in [0.25, 0.3) is 0 Å². The van der Waals surface area contributed by atoms with Crippen molar-refractivity contribution < 1.29 is 23.1 Å². The van der Waals surface area contributed by atoms with Crippen molar-refractivity contribution in [1.29, 1.82) is 0 Å². The predicted octanol–water partition coefficient (Wildman–Crippen LogP) is 7.88. The lowest BCUT2D eigenvalue weighted by Crippen LogP contribution is -2.56. The Labute approximate surface area is 200 Å². The van der Waals surface area contributed by atoms with Crippen molar-refractivity contribution in [1.82, 2.24) is 5.01 Å². The van der Waals surface area contributed by atoms with Crippen molar-refractivity contribution in [3.05, 3.63) is 34.9 Å². The second-order valence-electron chi connectivity index (χ2n) is 8.92. The molecule has 1 aromatic carbocycles. The van der Waals surface area contributed by atoms with Gasteiger partial charge in [0, 0.05) is 22.7 Å². The number of benzene rings is 1. The molecule has 1 aliphatic heterocycles. The standard InChI is InChI=1S/C25H36ClF3N2O2/c1-2-3-4-5-6-7-8-9-10-11-12-13-14-22-19-24(33,25(27,28)29)31(30-22)23(32)20-15-17-21(26)18-16-20/h15-18,33H,2-14,19H2,1H3. The molecule has 0 fully saturated rings. The molecule has 1 aromatic rings. The maximum Gasteiger partial charge on any atom is 0.438 e. The van der Waals surface area contributed by atoms with Crippen molar-refractivity contribution in [3.63, 3.8) is 0 Å². The van der Waals surface area contributed by atoms with E-state index in [-0.39, 0.29) is 16.3 Å². The molecule has 4 nitrogen and oxygen atoms in total. The van der Waals surface area contributed by atoms with E-state index in [1.807, 2.05) is 0 Å². The van der Waals surface area contributed by atoms with Gasteiger partial charge in [0.1, 0.15) is 0 Å². The SMILES string of the molecule is CCCCCCCCCCCCCCC1=NN(C(=O)c2ccc(Cl)cc2)C(O)(C(F)(F)F)C1. The molecule has 0 aromatic heterocycles. The van der Waals surface area contributed by atoms with Crippen LogP contribution in [0.3, 0.4) is 0 Å². The Hall–Kier alpha value is -1.60. The molecule has 1 aliphatic rings. The van der Waals surface area contributed by atoms with Crippen molar-refractivity contribution in [2.75, 3.05) is 0 Å². The van der Waals surface area contributed by atoms with E-state index in [9.17, 15) is 23.1 Å². The first-order chi connectivity index (χ1) is 15.7. The van der Waals surface area contributed by atoms with Crippen molar-refractivity contribution >= 4 is 23.2 Å². The highest BCUT2D eigenvalue weighted by molar-refractivity contribution is 6.30. The summed E-state index contributed by atoms with van der Waals surface area (Å²) < 4.78 is 40.9. The quantitative estimate of drug-likeness (QED) is 0.271. The lowest BCUT2D eigenvalue weighted by molar-refractivity contribution is -0.297. The van der Waals surface area contributed by atoms with E-state index in [2.05, 4.69) is 12.0 Å². The Morgan fingerprint density at radius 1 is 0.970 bits per heavy atom. The molecule has 0 saturated carbocycles. The molecule has 1 atom stereocenters. The van der Waals surface area contributed by atoms with Crippen LogP contribution in [0.15, 0.2) is 29.4 Å². The summed E-state index contributed by atoms with van der Waals surface area (Å²) in [5.74, 6) is -1.00. The zero-order chi connectivity index (χ0) is 24.3. The van der Waals surface area contributed by atoms with Crippen LogP contribution in [0.4, 0.5) is 13.2 Å². The number of hydrazone groups is 1. The topological polar surface area (TPSA) is 52.9 Å². The monoisotopic (exact) mass is 488 g/mol. The molecule has 186 valence electrons. The number of carbonyl (C=O) groups is 1. The summed E-state index contributed by atoms with van der Waals surface area (Å²) >= 11 is 5.79. The molecule has 1 amide bonds. The van der Waals surface area contributed by atoms with E-state index in [1.54, 1.807) is 0 Å². The van der Waals surface area contributed by atoms with Gasteiger partial charge >= 0.3 is 6.18 Å². The Balaban J connectivity index is 1.78. The first-order valence-corrected chi connectivity index (χ1v) is 12.5. The number of unbranched alkanes of at least 4 members (excludes halogenated alkanes) is 11. The molecule has 0 spiro atoms. The number of nitrogens with zero attached hydrogens (tertiary/aromatic N) is 2. The van der Waals surface area contributed by atoms with E-state index in [1.165, 1.54) is 75.6 Å². The summed E-state index contributed by atoms with van der Waals surface area (Å²) in [6.45, 7) is 2.22. The minimum absolute atomic E-state index is 0.0163. The lowest BCUT2D eigenvalue weighted by atomic mass is 10.0. The molecule has 1 heterocycles. The fraction of sp³-hybridized carbons (Fsp3) is 0.680. The predicted molar refractivity (Wildman–Crippen MR) is 126 cm³/mol. The Kier molecular flexibility index (Phi) is 11.2. The third-order valence-corrected chi connectivity index (χ3v) is 6.35. The van der Waals surface area contributed by atoms with Crippen LogP contribution in [-0.2, 0) is 0 Å². The molecular formula is C25H36ClF3N2O2. The van der Waals surface area contributed by atoms with Crippen LogP contribution < -0.4 is 0 Å². The van der Waals surface area contributed by atoms with Crippen LogP contribution in [-0.4, -0.2) is 33.6 Å². The average Bonchev–Trinajstić information content (AvgIpc) is 3.12. The second-order valence-corrected chi connectivity index (χ2v) is 9.36. The van der Waals surface area contributed by atoms with Gasteiger partial charge in [-0.1, -0.05) is 89.2 Å². The van der Waals surface area contributed by atoms with E-state index in [0.717, 1.165) is 19.3 Å². The van der Waals surface area contributed by atoms with Gasteiger partial charge < -0.3 is 5.11 Å². The molecule has 0 saturated heterocycles. The fourth-order valence-electron chi connectivity index (χ4n) is 4.08. The maximum atomic E-state index is 13.6. The number of carbonyl (C=O) groups excluding carboxylic acids is 1. The average molecular weight is 489 g/mol. The summed E-state index contributed by atoms with van der Waals surface area (Å²) in [6.07, 6.45) is 8.55. The van der Waals surface area contributed by atoms with Gasteiger partial charge in [0.25, 0.3) is 11.6 Å². The van der Waals surface area contributed by atoms with Gasteiger partial charge in [-0.25, -0.2) is 0 Å². The van der Waals surface area contributed by atoms with Gasteiger partial charge in [0.15, 0.2) is 0 Å². The number of hydrogen-bond donors (Lipinski definition) is 1. The van der Waals surface area contributed by atoms with Gasteiger partial charge in [-0.15, -0.1) is 0 Å². The smallest absolute Gasteiger partial charge is 0.362 e. The Bertz CT molecular complexity index is 768. The highest BCUT2D eigenvalue weighted by Gasteiger charge is 2.63. The number of halogens is 4. The van der Waals surface area contributed by atoms with Gasteiger partial charge in [0.05, 0.1) is 0 Å². The summed E-state index contributed by atoms with van der Waals surface area (Å²) in [5.41, 5.74) is -3.14. The van der Waals surface area contributed by atoms with Gasteiger partial charge in [-0.2, -0.15) is 23.3 Å². The zero-order valence-electron chi connectivity index (χ0n) is 19.5. The van der Waals surface area contributed by atoms with E-state index in [4.69, 9.17) is 11.6 Å². The lowest BCUT2D eigenvalue weighted by Gasteiger charge is -2.32. The summed E-state index contributed by atoms with van der Waals surface area (Å²) in [7, 11) is 0. The van der Waals surface area contributed by atoms with E-state index >= 15 is 0 Å². The summed E-state index contributed by atoms with van der Waals surface area (Å²) in [6, 6.07) is 5.46. The number of aliphatic hydroxyl groups is 1. The molecule has 0 aliphatic carbocycles. The largest absolute Gasteiger partial charge is 0.438 e. The second kappa shape index (κ2) is 13.3. The molecule has 2 rings (SSSR count). The third-order valence-electron chi connectivity index (χ3n) is 6.10. The van der Waals surface area contributed by atoms with Crippen LogP contribution in [0.5, 0.6) is 0 Å². The first kappa shape index (κ1) is 27.6. The van der Waals surface area contributed by atoms with Crippen LogP contribution in [0.2, 0.25) is 5.02 Å². The van der Waals surface area contributed by atoms with Crippen molar-refractivity contribution in [3.8, 4) is 0 Å². The fourth-order valence-corrected chi connectivity index (χ4v) is 4.20. The number of hydrogen-bond acceptors (Lipinski definition) is 3. The molecule has 0 bridgehead atoms. The molecule has 1 N–H and O–H groups in total. The normalized spacial score (nSPS) is 18.6. The third kappa shape index (κ3) is 8.29. The zero-order valence-corrected chi connectivity index (χ0v) is 20.2. The summed E-state index contributed by atoms with van der Waals surface area (Å²) in [5, 5.41) is 14.8. The number of alkyl halides is 3. The van der Waals surface area contributed by atoms with Gasteiger partial charge in [-0.3, -0.25) is 4.79 Å². The summed E-state index contributed by atoms with van der Waals surface area (Å²) in [4.78, 5) is 12.7. The van der Waals surface area contributed by atoms with Crippen LogP contribution in [0.1, 0.15) is 107 Å². The Morgan fingerprint density at radius 2 is 1.45 bits per heavy atom. The minimum atomic E-state index is -5.02. The number of amides is 1. The van der Waals surface area contributed by atoms with Crippen LogP contribution in [0, 0.1) is 0 Å².